The number of fused-ring (bicyclic) bond motifs is 10. The van der Waals surface area contributed by atoms with Gasteiger partial charge in [-0.2, -0.15) is 18.2 Å². The molecule has 15 aromatic rings. The van der Waals surface area contributed by atoms with E-state index in [0.717, 1.165) is 38.5 Å². The van der Waals surface area contributed by atoms with Crippen molar-refractivity contribution in [3.05, 3.63) is 308 Å². The summed E-state index contributed by atoms with van der Waals surface area (Å²) in [6, 6.07) is 44.5. The molecule has 0 fully saturated rings. The van der Waals surface area contributed by atoms with Crippen LogP contribution in [0.25, 0.3) is 139 Å². The van der Waals surface area contributed by atoms with Crippen molar-refractivity contribution in [3.63, 3.8) is 0 Å². The molecule has 0 unspecified atom stereocenters. The molecule has 470 valence electrons. The first kappa shape index (κ1) is 44.3. The molecule has 96 heavy (non-hydrogen) atoms. The van der Waals surface area contributed by atoms with Crippen LogP contribution in [0.5, 0.6) is 11.5 Å². The summed E-state index contributed by atoms with van der Waals surface area (Å²) < 4.78 is 181. The van der Waals surface area contributed by atoms with Crippen LogP contribution in [0.3, 0.4) is 0 Å². The van der Waals surface area contributed by atoms with E-state index in [4.69, 9.17) is 22.1 Å². The number of pyridine rings is 1. The van der Waals surface area contributed by atoms with Crippen molar-refractivity contribution >= 4 is 32.8 Å². The molecule has 5 nitrogen and oxygen atoms in total. The maximum atomic E-state index is 10.5. The summed E-state index contributed by atoms with van der Waals surface area (Å²) in [5.74, 6) is 1.24. The number of rotatable bonds is 9. The van der Waals surface area contributed by atoms with Gasteiger partial charge in [0.25, 0.3) is 6.33 Å². The summed E-state index contributed by atoms with van der Waals surface area (Å²) in [6.07, 6.45) is 5.63. The summed E-state index contributed by atoms with van der Waals surface area (Å²) >= 11 is 0. The van der Waals surface area contributed by atoms with Crippen LogP contribution < -0.4 is 9.30 Å². The Balaban J connectivity index is 0.0000102. The maximum absolute atomic E-state index is 10.5. The van der Waals surface area contributed by atoms with E-state index < -0.39 is 142 Å². The van der Waals surface area contributed by atoms with E-state index in [1.165, 1.54) is 0 Å². The van der Waals surface area contributed by atoms with Crippen LogP contribution in [0.15, 0.2) is 273 Å². The number of ether oxygens (including phenoxy) is 1. The first-order valence-corrected chi connectivity index (χ1v) is 31.5. The zero-order chi connectivity index (χ0) is 80.6. The van der Waals surface area contributed by atoms with Crippen LogP contribution in [0.2, 0.25) is 0 Å². The summed E-state index contributed by atoms with van der Waals surface area (Å²) in [7, 11) is 0. The molecule has 0 atom stereocenters. The molecule has 0 aliphatic carbocycles. The summed E-state index contributed by atoms with van der Waals surface area (Å²) in [6.45, 7) is 19.3. The Labute approximate surface area is 603 Å². The molecule has 0 bridgehead atoms. The molecule has 1 aliphatic rings. The van der Waals surface area contributed by atoms with Gasteiger partial charge in [-0.1, -0.05) is 262 Å². The van der Waals surface area contributed by atoms with Crippen molar-refractivity contribution in [3.8, 4) is 118 Å². The molecule has 12 aromatic carbocycles. The minimum Gasteiger partial charge on any atom is -0.510 e. The van der Waals surface area contributed by atoms with E-state index in [1.807, 2.05) is 95.7 Å². The van der Waals surface area contributed by atoms with Gasteiger partial charge in [0.1, 0.15) is 5.82 Å². The first-order valence-electron chi connectivity index (χ1n) is 40.5. The van der Waals surface area contributed by atoms with Crippen LogP contribution in [-0.4, -0.2) is 14.1 Å². The largest absolute Gasteiger partial charge is 0.510 e. The van der Waals surface area contributed by atoms with Crippen LogP contribution >= 0.6 is 0 Å². The molecule has 0 saturated carbocycles. The van der Waals surface area contributed by atoms with Gasteiger partial charge in [-0.05, 0) is 175 Å². The van der Waals surface area contributed by atoms with E-state index >= 15 is 0 Å². The molecular formula is C90H72N4OPt-2. The smallest absolute Gasteiger partial charge is 0.268 e. The Morgan fingerprint density at radius 3 is 1.62 bits per heavy atom. The predicted octanol–water partition coefficient (Wildman–Crippen LogP) is 23.1. The average molecular weight is 1440 g/mol. The van der Waals surface area contributed by atoms with Crippen LogP contribution in [0, 0.1) is 18.5 Å². The van der Waals surface area contributed by atoms with Gasteiger partial charge in [-0.25, -0.2) is 4.98 Å². The minimum atomic E-state index is -0.815. The van der Waals surface area contributed by atoms with Gasteiger partial charge in [0, 0.05) is 44.3 Å². The molecule has 0 N–H and O–H groups in total. The molecule has 0 spiro atoms. The number of hydrogen-bond acceptors (Lipinski definition) is 2. The fourth-order valence-electron chi connectivity index (χ4n) is 12.9. The molecule has 0 amide bonds. The van der Waals surface area contributed by atoms with Gasteiger partial charge in [0.2, 0.25) is 0 Å². The van der Waals surface area contributed by atoms with Crippen LogP contribution in [-0.2, 0) is 37.3 Å². The number of aromatic nitrogens is 4. The second-order valence-corrected chi connectivity index (χ2v) is 27.0. The van der Waals surface area contributed by atoms with Gasteiger partial charge in [0.05, 0.1) is 41.4 Å². The molecule has 4 heterocycles. The number of benzene rings is 12. The molecule has 0 saturated heterocycles. The topological polar surface area (TPSA) is 35.9 Å². The van der Waals surface area contributed by atoms with E-state index in [2.05, 4.69) is 116 Å². The molecule has 3 aromatic heterocycles. The Hall–Kier alpha value is -10.5. The number of imidazole rings is 1. The van der Waals surface area contributed by atoms with Gasteiger partial charge in [-0.15, -0.1) is 29.7 Å². The Morgan fingerprint density at radius 2 is 0.969 bits per heavy atom. The standard InChI is InChI=1S/C90H72N4O.Pt/c1-88(2,3)66-44-45-91-84(54-66)94-81-41-22-21-36-76(81)77-43-42-71(56-82(77)94)95-70-33-23-32-69(55-70)92-57-93-86-73(65-49-67(89(4,5)6)53-68(50-65)90(7,8)9)38-25-40-79(86)85-72(60-30-17-12-18-31-60)37-24-39-78(85)74-34-19-20-35-75(74)80-51-64(52-83(92)87(80)93)63-47-61(58-26-13-10-14-27-58)46-62(48-63)59-28-15-11-16-29-59;/h10-54H,1-9H3;/q-2;/i10D,11D,12D,13D,14D,15D,16D,17D,18D,26D,27D,28D,29D,30D,31D,46D,47D,48D;. The monoisotopic (exact) mass is 1440 g/mol. The third kappa shape index (κ3) is 11.1. The molecular weight excluding hydrogens is 1350 g/mol. The van der Waals surface area contributed by atoms with E-state index in [-0.39, 0.29) is 48.9 Å². The van der Waals surface area contributed by atoms with Crippen molar-refractivity contribution < 1.29 is 55.0 Å². The van der Waals surface area contributed by atoms with Gasteiger partial charge in [-0.3, -0.25) is 4.57 Å². The van der Waals surface area contributed by atoms with E-state index in [9.17, 15) is 12.3 Å². The van der Waals surface area contributed by atoms with E-state index in [0.29, 0.717) is 84.0 Å². The normalized spacial score (nSPS) is 14.8. The Kier molecular flexibility index (Phi) is 11.1. The molecule has 6 heteroatoms. The van der Waals surface area contributed by atoms with Crippen molar-refractivity contribution in [1.29, 1.82) is 0 Å². The zero-order valence-corrected chi connectivity index (χ0v) is 56.4. The van der Waals surface area contributed by atoms with E-state index in [1.54, 1.807) is 47.0 Å². The number of para-hydroxylation sites is 2. The maximum Gasteiger partial charge on any atom is 0.268 e. The summed E-state index contributed by atoms with van der Waals surface area (Å²) in [5.41, 5.74) is 7.36. The average Bonchev–Trinajstić information content (AvgIpc) is 1.63. The first-order chi connectivity index (χ1) is 53.5. The number of nitrogens with zero attached hydrogens (tertiary/aromatic N) is 4. The van der Waals surface area contributed by atoms with Gasteiger partial charge < -0.3 is 13.9 Å². The third-order valence-electron chi connectivity index (χ3n) is 17.8. The van der Waals surface area contributed by atoms with Crippen molar-refractivity contribution in [1.82, 2.24) is 14.1 Å². The van der Waals surface area contributed by atoms with Crippen molar-refractivity contribution in [2.75, 3.05) is 0 Å². The van der Waals surface area contributed by atoms with Gasteiger partial charge in [0.15, 0.2) is 0 Å². The molecule has 0 radical (unpaired) electrons. The quantitative estimate of drug-likeness (QED) is 0.107. The Morgan fingerprint density at radius 1 is 0.417 bits per heavy atom. The van der Waals surface area contributed by atoms with Crippen LogP contribution in [0.1, 0.15) is 104 Å². The summed E-state index contributed by atoms with van der Waals surface area (Å²) in [4.78, 5) is 4.90. The molecule has 1 aliphatic heterocycles. The summed E-state index contributed by atoms with van der Waals surface area (Å²) in [5, 5.41) is 1.88. The fourth-order valence-corrected chi connectivity index (χ4v) is 12.9. The van der Waals surface area contributed by atoms with Crippen molar-refractivity contribution in [2.45, 2.75) is 78.6 Å². The van der Waals surface area contributed by atoms with Gasteiger partial charge >= 0.3 is 0 Å². The third-order valence-corrected chi connectivity index (χ3v) is 17.8. The SMILES string of the molecule is [2H]c1c([2H])c([2H])c(-c2cccc3c2-c2cccc(-c4cc(C(C)(C)C)cc(C(C)(C)C)c4)c2-[n+]2[c-]n(-c4[c-]c(Oc5[c-]c6c(cc5)c5ccccc5n6-c5cc(C(C)(C)C)ccn5)ccc4)c4cc(-c5c([2H])c(-c6c([2H])c([2H])c([2H])c([2H])c6[2H])c([2H])c(-c6c([2H])c([2H])c([2H])c([2H])c6[2H])c5[2H])cc(c42)-c2ccccc2-3)c([2H])c1[2H].[Pt]. The fraction of sp³-hybridized carbons (Fsp3) is 0.133. The van der Waals surface area contributed by atoms with Crippen LogP contribution in [0.4, 0.5) is 0 Å². The number of hydrogen-bond donors (Lipinski definition) is 0. The predicted molar refractivity (Wildman–Crippen MR) is 393 cm³/mol. The minimum absolute atomic E-state index is 0. The second-order valence-electron chi connectivity index (χ2n) is 27.0. The molecule has 16 rings (SSSR count). The van der Waals surface area contributed by atoms with Crippen molar-refractivity contribution in [2.24, 2.45) is 0 Å². The zero-order valence-electron chi connectivity index (χ0n) is 72.1. The second kappa shape index (κ2) is 24.1. The Bertz CT molecular complexity index is 6450.